The van der Waals surface area contributed by atoms with Crippen molar-refractivity contribution in [2.45, 2.75) is 84.0 Å². The van der Waals surface area contributed by atoms with E-state index in [1.54, 1.807) is 39.7 Å². The minimum absolute atomic E-state index is 0.0679. The first-order chi connectivity index (χ1) is 14.7. The Morgan fingerprint density at radius 2 is 1.40 bits per heavy atom. The van der Waals surface area contributed by atoms with E-state index in [2.05, 4.69) is 17.5 Å². The van der Waals surface area contributed by atoms with E-state index in [1.165, 1.54) is 57.8 Å². The van der Waals surface area contributed by atoms with Gasteiger partial charge in [-0.05, 0) is 18.6 Å². The van der Waals surface area contributed by atoms with E-state index < -0.39 is 0 Å². The standard InChI is InChI=1S/C24H40N2O4/c1-5-6-7-8-9-10-11-12-13-14-15-16-22(27)26-25-19-20-17-18-21(28-2)24(30-4)23(20)29-3/h17-19H,5-16H2,1-4H3,(H,26,27). The van der Waals surface area contributed by atoms with Gasteiger partial charge in [0.05, 0.1) is 27.5 Å². The molecule has 0 aliphatic rings. The number of carbonyl (C=O) groups excluding carboxylic acids is 1. The average molecular weight is 421 g/mol. The summed E-state index contributed by atoms with van der Waals surface area (Å²) in [6.07, 6.45) is 16.0. The fraction of sp³-hybridized carbons (Fsp3) is 0.667. The molecule has 0 heterocycles. The Labute approximate surface area is 182 Å². The molecule has 0 aliphatic carbocycles. The van der Waals surface area contributed by atoms with Gasteiger partial charge in [-0.15, -0.1) is 0 Å². The molecule has 6 heteroatoms. The Kier molecular flexibility index (Phi) is 14.2. The second kappa shape index (κ2) is 16.5. The summed E-state index contributed by atoms with van der Waals surface area (Å²) in [5, 5.41) is 4.05. The molecule has 1 aromatic carbocycles. The van der Waals surface area contributed by atoms with Crippen molar-refractivity contribution in [1.82, 2.24) is 5.43 Å². The monoisotopic (exact) mass is 420 g/mol. The molecule has 1 aromatic rings. The van der Waals surface area contributed by atoms with Crippen LogP contribution in [0.4, 0.5) is 0 Å². The van der Waals surface area contributed by atoms with Crippen LogP contribution >= 0.6 is 0 Å². The second-order valence-electron chi connectivity index (χ2n) is 7.50. The van der Waals surface area contributed by atoms with Gasteiger partial charge >= 0.3 is 0 Å². The highest BCUT2D eigenvalue weighted by Crippen LogP contribution is 2.38. The number of benzene rings is 1. The maximum absolute atomic E-state index is 12.0. The van der Waals surface area contributed by atoms with Crippen LogP contribution in [-0.2, 0) is 4.79 Å². The Bertz CT molecular complexity index is 632. The maximum atomic E-state index is 12.0. The first-order valence-corrected chi connectivity index (χ1v) is 11.3. The van der Waals surface area contributed by atoms with Crippen molar-refractivity contribution in [3.05, 3.63) is 17.7 Å². The lowest BCUT2D eigenvalue weighted by Crippen LogP contribution is -2.17. The van der Waals surface area contributed by atoms with E-state index in [4.69, 9.17) is 14.2 Å². The predicted molar refractivity (Wildman–Crippen MR) is 123 cm³/mol. The highest BCUT2D eigenvalue weighted by atomic mass is 16.5. The molecule has 1 amide bonds. The lowest BCUT2D eigenvalue weighted by molar-refractivity contribution is -0.121. The third-order valence-electron chi connectivity index (χ3n) is 5.13. The van der Waals surface area contributed by atoms with Crippen molar-refractivity contribution >= 4 is 12.1 Å². The topological polar surface area (TPSA) is 69.2 Å². The number of unbranched alkanes of at least 4 members (excludes halogenated alkanes) is 10. The molecule has 1 N–H and O–H groups in total. The molecule has 0 aliphatic heterocycles. The van der Waals surface area contributed by atoms with Crippen LogP contribution in [0.3, 0.4) is 0 Å². The number of carbonyl (C=O) groups is 1. The van der Waals surface area contributed by atoms with Crippen LogP contribution in [0.2, 0.25) is 0 Å². The Morgan fingerprint density at radius 3 is 1.93 bits per heavy atom. The van der Waals surface area contributed by atoms with E-state index in [0.717, 1.165) is 12.8 Å². The average Bonchev–Trinajstić information content (AvgIpc) is 2.76. The fourth-order valence-corrected chi connectivity index (χ4v) is 3.41. The first-order valence-electron chi connectivity index (χ1n) is 11.3. The van der Waals surface area contributed by atoms with Crippen molar-refractivity contribution in [3.63, 3.8) is 0 Å². The number of hydrogen-bond donors (Lipinski definition) is 1. The number of methoxy groups -OCH3 is 3. The van der Waals surface area contributed by atoms with Crippen molar-refractivity contribution in [1.29, 1.82) is 0 Å². The Hall–Kier alpha value is -2.24. The van der Waals surface area contributed by atoms with Gasteiger partial charge in [0.1, 0.15) is 0 Å². The SMILES string of the molecule is CCCCCCCCCCCCCC(=O)NN=Cc1ccc(OC)c(OC)c1OC. The van der Waals surface area contributed by atoms with Crippen LogP contribution in [0.1, 0.15) is 89.5 Å². The number of ether oxygens (including phenoxy) is 3. The number of nitrogens with one attached hydrogen (secondary N) is 1. The van der Waals surface area contributed by atoms with E-state index in [0.29, 0.717) is 29.2 Å². The van der Waals surface area contributed by atoms with Gasteiger partial charge in [-0.3, -0.25) is 4.79 Å². The zero-order chi connectivity index (χ0) is 22.0. The van der Waals surface area contributed by atoms with Gasteiger partial charge < -0.3 is 14.2 Å². The van der Waals surface area contributed by atoms with Crippen LogP contribution < -0.4 is 19.6 Å². The number of hydrazone groups is 1. The number of hydrogen-bond acceptors (Lipinski definition) is 5. The van der Waals surface area contributed by atoms with Gasteiger partial charge in [0.15, 0.2) is 11.5 Å². The maximum Gasteiger partial charge on any atom is 0.240 e. The molecule has 0 fully saturated rings. The van der Waals surface area contributed by atoms with Gasteiger partial charge in [-0.1, -0.05) is 71.1 Å². The molecule has 0 saturated carbocycles. The lowest BCUT2D eigenvalue weighted by atomic mass is 10.1. The molecule has 0 aromatic heterocycles. The second-order valence-corrected chi connectivity index (χ2v) is 7.50. The summed E-state index contributed by atoms with van der Waals surface area (Å²) in [5.74, 6) is 1.52. The fourth-order valence-electron chi connectivity index (χ4n) is 3.41. The number of nitrogens with zero attached hydrogens (tertiary/aromatic N) is 1. The van der Waals surface area contributed by atoms with E-state index in [9.17, 15) is 4.79 Å². The summed E-state index contributed by atoms with van der Waals surface area (Å²) >= 11 is 0. The zero-order valence-electron chi connectivity index (χ0n) is 19.3. The summed E-state index contributed by atoms with van der Waals surface area (Å²) in [6, 6.07) is 3.58. The summed E-state index contributed by atoms with van der Waals surface area (Å²) in [4.78, 5) is 12.0. The molecule has 0 radical (unpaired) electrons. The van der Waals surface area contributed by atoms with E-state index in [1.807, 2.05) is 0 Å². The minimum Gasteiger partial charge on any atom is -0.493 e. The Morgan fingerprint density at radius 1 is 0.833 bits per heavy atom. The normalized spacial score (nSPS) is 10.9. The molecule has 0 bridgehead atoms. The molecule has 0 atom stereocenters. The first kappa shape index (κ1) is 25.8. The lowest BCUT2D eigenvalue weighted by Gasteiger charge is -2.13. The molecule has 170 valence electrons. The zero-order valence-corrected chi connectivity index (χ0v) is 19.3. The van der Waals surface area contributed by atoms with Gasteiger partial charge in [-0.25, -0.2) is 5.43 Å². The van der Waals surface area contributed by atoms with Crippen LogP contribution in [-0.4, -0.2) is 33.5 Å². The highest BCUT2D eigenvalue weighted by molar-refractivity contribution is 5.87. The van der Waals surface area contributed by atoms with Gasteiger partial charge in [-0.2, -0.15) is 5.10 Å². The van der Waals surface area contributed by atoms with Crippen LogP contribution in [0.5, 0.6) is 17.2 Å². The summed E-state index contributed by atoms with van der Waals surface area (Å²) in [5.41, 5.74) is 3.29. The highest BCUT2D eigenvalue weighted by Gasteiger charge is 2.14. The number of amides is 1. The molecule has 30 heavy (non-hydrogen) atoms. The summed E-state index contributed by atoms with van der Waals surface area (Å²) in [6.45, 7) is 2.25. The summed E-state index contributed by atoms with van der Waals surface area (Å²) < 4.78 is 16.0. The smallest absolute Gasteiger partial charge is 0.240 e. The van der Waals surface area contributed by atoms with Crippen LogP contribution in [0, 0.1) is 0 Å². The van der Waals surface area contributed by atoms with Crippen LogP contribution in [0.25, 0.3) is 0 Å². The number of rotatable bonds is 17. The Balaban J connectivity index is 2.22. The summed E-state index contributed by atoms with van der Waals surface area (Å²) in [7, 11) is 4.68. The van der Waals surface area contributed by atoms with Crippen LogP contribution in [0.15, 0.2) is 17.2 Å². The van der Waals surface area contributed by atoms with Gasteiger partial charge in [0.25, 0.3) is 0 Å². The molecule has 6 nitrogen and oxygen atoms in total. The molecular formula is C24H40N2O4. The van der Waals surface area contributed by atoms with Gasteiger partial charge in [0, 0.05) is 12.0 Å². The van der Waals surface area contributed by atoms with Gasteiger partial charge in [0.2, 0.25) is 11.7 Å². The largest absolute Gasteiger partial charge is 0.493 e. The molecule has 0 saturated heterocycles. The van der Waals surface area contributed by atoms with Crippen molar-refractivity contribution < 1.29 is 19.0 Å². The molecular weight excluding hydrogens is 380 g/mol. The molecule has 0 unspecified atom stereocenters. The van der Waals surface area contributed by atoms with Crippen molar-refractivity contribution in [2.75, 3.05) is 21.3 Å². The van der Waals surface area contributed by atoms with E-state index >= 15 is 0 Å². The molecule has 0 spiro atoms. The quantitative estimate of drug-likeness (QED) is 0.195. The third kappa shape index (κ3) is 9.99. The van der Waals surface area contributed by atoms with Crippen molar-refractivity contribution in [2.24, 2.45) is 5.10 Å². The third-order valence-corrected chi connectivity index (χ3v) is 5.13. The molecule has 1 rings (SSSR count). The van der Waals surface area contributed by atoms with E-state index in [-0.39, 0.29) is 5.91 Å². The van der Waals surface area contributed by atoms with Crippen molar-refractivity contribution in [3.8, 4) is 17.2 Å². The predicted octanol–water partition coefficient (Wildman–Crippen LogP) is 5.86. The minimum atomic E-state index is -0.0679.